The summed E-state index contributed by atoms with van der Waals surface area (Å²) in [5, 5.41) is 16.9. The summed E-state index contributed by atoms with van der Waals surface area (Å²) in [6.07, 6.45) is 2.10. The van der Waals surface area contributed by atoms with Gasteiger partial charge in [-0.05, 0) is 86.9 Å². The fourth-order valence-electron chi connectivity index (χ4n) is 5.42. The molecule has 0 saturated carbocycles. The van der Waals surface area contributed by atoms with E-state index in [9.17, 15) is 28.3 Å². The number of nitrogens with one attached hydrogen (secondary N) is 2. The van der Waals surface area contributed by atoms with E-state index >= 15 is 0 Å². The number of carbonyl (C=O) groups is 3. The Hall–Kier alpha value is -3.37. The van der Waals surface area contributed by atoms with Gasteiger partial charge in [-0.15, -0.1) is 0 Å². The van der Waals surface area contributed by atoms with Crippen LogP contribution < -0.4 is 10.6 Å². The summed E-state index contributed by atoms with van der Waals surface area (Å²) >= 11 is 0. The van der Waals surface area contributed by atoms with Crippen molar-refractivity contribution in [1.29, 1.82) is 0 Å². The quantitative estimate of drug-likeness (QED) is 0.278. The number of hydrogen-bond acceptors (Lipinski definition) is 5. The van der Waals surface area contributed by atoms with Gasteiger partial charge in [-0.2, -0.15) is 0 Å². The van der Waals surface area contributed by atoms with Gasteiger partial charge in [-0.1, -0.05) is 20.8 Å². The molecule has 3 amide bonds. The number of carbonyl (C=O) groups excluding carboxylic acids is 3. The SMILES string of the molecule is CCCN(CCC)C(=O)c1cc(C)cc(C(=O)N[C@@H](Cc2cc(F)cc(F)c2)[C@@H](O)C[C@@H](C)C(=O)NCC2CCCO2)c1. The largest absolute Gasteiger partial charge is 0.391 e. The van der Waals surface area contributed by atoms with Crippen LogP contribution in [0.15, 0.2) is 36.4 Å². The average molecular weight is 602 g/mol. The van der Waals surface area contributed by atoms with Crippen LogP contribution in [-0.4, -0.2) is 72.2 Å². The van der Waals surface area contributed by atoms with Crippen LogP contribution in [0.2, 0.25) is 0 Å². The third-order valence-electron chi connectivity index (χ3n) is 7.59. The first-order chi connectivity index (χ1) is 20.5. The lowest BCUT2D eigenvalue weighted by Gasteiger charge is -2.27. The van der Waals surface area contributed by atoms with Crippen LogP contribution in [0.25, 0.3) is 0 Å². The number of amides is 3. The van der Waals surface area contributed by atoms with Gasteiger partial charge in [0.25, 0.3) is 11.8 Å². The molecule has 10 heteroatoms. The molecule has 1 aliphatic rings. The minimum absolute atomic E-state index is 0.000645. The van der Waals surface area contributed by atoms with Gasteiger partial charge >= 0.3 is 0 Å². The molecule has 43 heavy (non-hydrogen) atoms. The molecule has 0 aromatic heterocycles. The molecule has 0 aliphatic carbocycles. The van der Waals surface area contributed by atoms with Gasteiger partial charge in [-0.3, -0.25) is 14.4 Å². The van der Waals surface area contributed by atoms with Gasteiger partial charge < -0.3 is 25.4 Å². The highest BCUT2D eigenvalue weighted by molar-refractivity contribution is 6.00. The second-order valence-electron chi connectivity index (χ2n) is 11.5. The maximum Gasteiger partial charge on any atom is 0.253 e. The van der Waals surface area contributed by atoms with Crippen molar-refractivity contribution >= 4 is 17.7 Å². The Morgan fingerprint density at radius 3 is 2.28 bits per heavy atom. The van der Waals surface area contributed by atoms with Crippen molar-refractivity contribution in [3.8, 4) is 0 Å². The lowest BCUT2D eigenvalue weighted by Crippen LogP contribution is -2.46. The number of hydrogen-bond donors (Lipinski definition) is 3. The number of benzene rings is 2. The first kappa shape index (κ1) is 34.1. The van der Waals surface area contributed by atoms with Crippen LogP contribution in [-0.2, 0) is 16.0 Å². The van der Waals surface area contributed by atoms with Gasteiger partial charge in [0, 0.05) is 49.4 Å². The Bertz CT molecular complexity index is 1220. The van der Waals surface area contributed by atoms with Gasteiger partial charge in [-0.25, -0.2) is 8.78 Å². The lowest BCUT2D eigenvalue weighted by molar-refractivity contribution is -0.126. The molecule has 0 spiro atoms. The van der Waals surface area contributed by atoms with Crippen molar-refractivity contribution in [2.24, 2.45) is 5.92 Å². The zero-order valence-electron chi connectivity index (χ0n) is 25.6. The number of halogens is 2. The molecule has 2 aromatic rings. The van der Waals surface area contributed by atoms with Crippen LogP contribution in [0.3, 0.4) is 0 Å². The monoisotopic (exact) mass is 601 g/mol. The molecule has 0 radical (unpaired) electrons. The van der Waals surface area contributed by atoms with Gasteiger partial charge in [0.05, 0.1) is 18.2 Å². The highest BCUT2D eigenvalue weighted by atomic mass is 19.1. The number of ether oxygens (including phenoxy) is 1. The summed E-state index contributed by atoms with van der Waals surface area (Å²) in [4.78, 5) is 41.3. The highest BCUT2D eigenvalue weighted by Crippen LogP contribution is 2.19. The summed E-state index contributed by atoms with van der Waals surface area (Å²) < 4.78 is 33.5. The first-order valence-electron chi connectivity index (χ1n) is 15.2. The molecule has 1 unspecified atom stereocenters. The van der Waals surface area contributed by atoms with E-state index in [2.05, 4.69) is 10.6 Å². The van der Waals surface area contributed by atoms with Crippen molar-refractivity contribution in [3.63, 3.8) is 0 Å². The molecular formula is C33H45F2N3O5. The normalized spacial score (nSPS) is 16.8. The van der Waals surface area contributed by atoms with E-state index in [1.54, 1.807) is 30.9 Å². The number of aliphatic hydroxyl groups is 1. The summed E-state index contributed by atoms with van der Waals surface area (Å²) in [6, 6.07) is 6.96. The lowest BCUT2D eigenvalue weighted by atomic mass is 9.93. The second kappa shape index (κ2) is 16.5. The summed E-state index contributed by atoms with van der Waals surface area (Å²) in [5.74, 6) is -3.14. The Morgan fingerprint density at radius 1 is 1.02 bits per heavy atom. The van der Waals surface area contributed by atoms with Crippen molar-refractivity contribution < 1.29 is 33.0 Å². The first-order valence-corrected chi connectivity index (χ1v) is 15.2. The highest BCUT2D eigenvalue weighted by Gasteiger charge is 2.28. The van der Waals surface area contributed by atoms with Gasteiger partial charge in [0.1, 0.15) is 11.6 Å². The van der Waals surface area contributed by atoms with Crippen molar-refractivity contribution in [2.75, 3.05) is 26.2 Å². The molecule has 1 aliphatic heterocycles. The molecule has 3 rings (SSSR count). The zero-order chi connectivity index (χ0) is 31.5. The third kappa shape index (κ3) is 10.4. The van der Waals surface area contributed by atoms with E-state index in [4.69, 9.17) is 4.74 Å². The Labute approximate surface area is 253 Å². The van der Waals surface area contributed by atoms with E-state index < -0.39 is 35.6 Å². The fourth-order valence-corrected chi connectivity index (χ4v) is 5.42. The summed E-state index contributed by atoms with van der Waals surface area (Å²) in [5.41, 5.74) is 1.56. The summed E-state index contributed by atoms with van der Waals surface area (Å²) in [7, 11) is 0. The topological polar surface area (TPSA) is 108 Å². The molecule has 8 nitrogen and oxygen atoms in total. The van der Waals surface area contributed by atoms with E-state index in [0.717, 1.165) is 43.9 Å². The average Bonchev–Trinajstić information content (AvgIpc) is 3.48. The standard InChI is InChI=1S/C33H45F2N3O5/c1-5-9-38(10-6-2)33(42)25-13-21(3)12-24(18-25)32(41)37-29(17-23-15-26(34)19-27(35)16-23)30(39)14-22(4)31(40)36-20-28-8-7-11-43-28/h12-13,15-16,18-19,22,28-30,39H,5-11,14,17,20H2,1-4H3,(H,36,40)(H,37,41)/t22-,28?,29+,30+/m1/s1. The minimum atomic E-state index is -1.21. The molecule has 236 valence electrons. The smallest absolute Gasteiger partial charge is 0.253 e. The molecular weight excluding hydrogens is 556 g/mol. The zero-order valence-corrected chi connectivity index (χ0v) is 25.6. The molecule has 3 N–H and O–H groups in total. The van der Waals surface area contributed by atoms with Crippen LogP contribution >= 0.6 is 0 Å². The van der Waals surface area contributed by atoms with E-state index in [0.29, 0.717) is 37.4 Å². The molecule has 1 saturated heterocycles. The van der Waals surface area contributed by atoms with Gasteiger partial charge in [0.15, 0.2) is 0 Å². The molecule has 4 atom stereocenters. The molecule has 1 heterocycles. The number of aliphatic hydroxyl groups excluding tert-OH is 1. The molecule has 2 aromatic carbocycles. The Balaban J connectivity index is 1.79. The number of rotatable bonds is 15. The number of aryl methyl sites for hydroxylation is 1. The Kier molecular flexibility index (Phi) is 13.1. The predicted octanol–water partition coefficient (Wildman–Crippen LogP) is 4.56. The van der Waals surface area contributed by atoms with E-state index in [-0.39, 0.29) is 41.9 Å². The summed E-state index contributed by atoms with van der Waals surface area (Å²) in [6.45, 7) is 9.70. The van der Waals surface area contributed by atoms with Crippen molar-refractivity contribution in [3.05, 3.63) is 70.3 Å². The minimum Gasteiger partial charge on any atom is -0.391 e. The van der Waals surface area contributed by atoms with Gasteiger partial charge in [0.2, 0.25) is 5.91 Å². The van der Waals surface area contributed by atoms with Crippen LogP contribution in [0, 0.1) is 24.5 Å². The van der Waals surface area contributed by atoms with Crippen LogP contribution in [0.1, 0.15) is 84.7 Å². The maximum absolute atomic E-state index is 14.0. The predicted molar refractivity (Wildman–Crippen MR) is 161 cm³/mol. The van der Waals surface area contributed by atoms with E-state index in [1.807, 2.05) is 13.8 Å². The Morgan fingerprint density at radius 2 is 1.67 bits per heavy atom. The second-order valence-corrected chi connectivity index (χ2v) is 11.5. The fraction of sp³-hybridized carbons (Fsp3) is 0.545. The maximum atomic E-state index is 14.0. The number of nitrogens with zero attached hydrogens (tertiary/aromatic N) is 1. The van der Waals surface area contributed by atoms with Crippen molar-refractivity contribution in [2.45, 2.75) is 84.5 Å². The third-order valence-corrected chi connectivity index (χ3v) is 7.59. The molecule has 0 bridgehead atoms. The van der Waals surface area contributed by atoms with Crippen molar-refractivity contribution in [1.82, 2.24) is 15.5 Å². The van der Waals surface area contributed by atoms with E-state index in [1.165, 1.54) is 6.07 Å². The molecule has 1 fully saturated rings. The van der Waals surface area contributed by atoms with Crippen LogP contribution in [0.4, 0.5) is 8.78 Å². The van der Waals surface area contributed by atoms with Crippen LogP contribution in [0.5, 0.6) is 0 Å².